The number of fused-ring (bicyclic) bond motifs is 1. The van der Waals surface area contributed by atoms with Crippen LogP contribution in [0.3, 0.4) is 0 Å². The molecule has 0 radical (unpaired) electrons. The Morgan fingerprint density at radius 1 is 1.14 bits per heavy atom. The fourth-order valence-electron chi connectivity index (χ4n) is 3.41. The van der Waals surface area contributed by atoms with E-state index in [0.29, 0.717) is 35.1 Å². The number of amides is 1. The largest absolute Gasteiger partial charge is 0.324 e. The van der Waals surface area contributed by atoms with Crippen LogP contribution >= 0.6 is 0 Å². The van der Waals surface area contributed by atoms with E-state index < -0.39 is 0 Å². The maximum Gasteiger partial charge on any atom is 0.277 e. The van der Waals surface area contributed by atoms with E-state index in [9.17, 15) is 4.79 Å². The van der Waals surface area contributed by atoms with Gasteiger partial charge in [0.05, 0.1) is 11.6 Å². The van der Waals surface area contributed by atoms with Gasteiger partial charge in [0.1, 0.15) is 5.69 Å². The number of nitrogens with zero attached hydrogens (tertiary/aromatic N) is 4. The maximum atomic E-state index is 13.2. The van der Waals surface area contributed by atoms with Gasteiger partial charge in [-0.2, -0.15) is 5.26 Å². The Bertz CT molecular complexity index is 1090. The number of rotatable bonds is 3. The molecule has 1 aliphatic heterocycles. The molecule has 1 aliphatic rings. The van der Waals surface area contributed by atoms with Crippen LogP contribution in [0.25, 0.3) is 0 Å². The number of aryl methyl sites for hydroxylation is 2. The number of nitriles is 1. The lowest BCUT2D eigenvalue weighted by Gasteiger charge is -2.29. The predicted octanol–water partition coefficient (Wildman–Crippen LogP) is 3.99. The third-order valence-corrected chi connectivity index (χ3v) is 4.68. The molecule has 0 aliphatic carbocycles. The number of carbonyl (C=O) groups excluding carboxylic acids is 1. The predicted molar refractivity (Wildman–Crippen MR) is 108 cm³/mol. The summed E-state index contributed by atoms with van der Waals surface area (Å²) in [7, 11) is 0. The first-order chi connectivity index (χ1) is 13.6. The van der Waals surface area contributed by atoms with Gasteiger partial charge in [0.25, 0.3) is 5.91 Å². The molecule has 0 atom stereocenters. The normalized spacial score (nSPS) is 12.8. The van der Waals surface area contributed by atoms with Crippen LogP contribution in [0.5, 0.6) is 0 Å². The van der Waals surface area contributed by atoms with E-state index in [1.807, 2.05) is 31.2 Å². The highest BCUT2D eigenvalue weighted by Crippen LogP contribution is 2.28. The van der Waals surface area contributed by atoms with Crippen LogP contribution in [0, 0.1) is 18.3 Å². The molecule has 0 unspecified atom stereocenters. The van der Waals surface area contributed by atoms with Crippen LogP contribution in [0.4, 0.5) is 17.3 Å². The van der Waals surface area contributed by atoms with E-state index in [0.717, 1.165) is 18.5 Å². The first-order valence-corrected chi connectivity index (χ1v) is 9.17. The standard InChI is InChI=1S/C22H19N5O/c1-15-12-19(21(28)27-11-5-8-17-7-2-3-10-20(17)27)26-22(24-15)25-18-9-4-6-16(13-18)14-23/h2-4,6-7,9-10,12-13H,5,8,11H2,1H3,(H,24,25,26). The Morgan fingerprint density at radius 3 is 2.86 bits per heavy atom. The van der Waals surface area contributed by atoms with Crippen LogP contribution in [0.2, 0.25) is 0 Å². The molecule has 2 aromatic carbocycles. The summed E-state index contributed by atoms with van der Waals surface area (Å²) in [5, 5.41) is 12.1. The summed E-state index contributed by atoms with van der Waals surface area (Å²) in [4.78, 5) is 23.8. The van der Waals surface area contributed by atoms with Crippen molar-refractivity contribution >= 4 is 23.2 Å². The molecule has 3 aromatic rings. The Balaban J connectivity index is 1.64. The lowest BCUT2D eigenvalue weighted by atomic mass is 10.0. The summed E-state index contributed by atoms with van der Waals surface area (Å²) in [5.74, 6) is 0.204. The molecule has 6 heteroatoms. The highest BCUT2D eigenvalue weighted by molar-refractivity contribution is 6.05. The maximum absolute atomic E-state index is 13.2. The monoisotopic (exact) mass is 369 g/mol. The summed E-state index contributed by atoms with van der Waals surface area (Å²) < 4.78 is 0. The molecular formula is C22H19N5O. The Hall–Kier alpha value is -3.72. The van der Waals surface area contributed by atoms with Gasteiger partial charge in [0.2, 0.25) is 5.95 Å². The Morgan fingerprint density at radius 2 is 2.00 bits per heavy atom. The number of benzene rings is 2. The molecule has 0 fully saturated rings. The number of para-hydroxylation sites is 1. The van der Waals surface area contributed by atoms with E-state index >= 15 is 0 Å². The number of hydrogen-bond acceptors (Lipinski definition) is 5. The van der Waals surface area contributed by atoms with Gasteiger partial charge >= 0.3 is 0 Å². The van der Waals surface area contributed by atoms with Crippen LogP contribution in [0.1, 0.15) is 33.7 Å². The molecule has 28 heavy (non-hydrogen) atoms. The second-order valence-electron chi connectivity index (χ2n) is 6.72. The summed E-state index contributed by atoms with van der Waals surface area (Å²) in [6, 6.07) is 18.9. The topological polar surface area (TPSA) is 81.9 Å². The quantitative estimate of drug-likeness (QED) is 0.755. The van der Waals surface area contributed by atoms with Gasteiger partial charge in [0, 0.05) is 23.6 Å². The van der Waals surface area contributed by atoms with Gasteiger partial charge in [0.15, 0.2) is 0 Å². The average Bonchev–Trinajstić information content (AvgIpc) is 2.72. The third-order valence-electron chi connectivity index (χ3n) is 4.68. The van der Waals surface area contributed by atoms with Crippen molar-refractivity contribution in [1.29, 1.82) is 5.26 Å². The second-order valence-corrected chi connectivity index (χ2v) is 6.72. The van der Waals surface area contributed by atoms with E-state index in [1.54, 1.807) is 29.2 Å². The number of anilines is 3. The van der Waals surface area contributed by atoms with Gasteiger partial charge in [-0.25, -0.2) is 9.97 Å². The molecule has 2 heterocycles. The van der Waals surface area contributed by atoms with Crippen molar-refractivity contribution in [3.63, 3.8) is 0 Å². The molecule has 138 valence electrons. The number of aromatic nitrogens is 2. The van der Waals surface area contributed by atoms with Crippen LogP contribution in [0.15, 0.2) is 54.6 Å². The highest BCUT2D eigenvalue weighted by Gasteiger charge is 2.24. The molecule has 1 N–H and O–H groups in total. The molecule has 1 amide bonds. The number of hydrogen-bond donors (Lipinski definition) is 1. The summed E-state index contributed by atoms with van der Waals surface area (Å²) in [6.07, 6.45) is 1.91. The average molecular weight is 369 g/mol. The van der Waals surface area contributed by atoms with Crippen molar-refractivity contribution in [2.45, 2.75) is 19.8 Å². The molecule has 0 bridgehead atoms. The van der Waals surface area contributed by atoms with Crippen molar-refractivity contribution in [1.82, 2.24) is 9.97 Å². The van der Waals surface area contributed by atoms with E-state index in [2.05, 4.69) is 27.4 Å². The lowest BCUT2D eigenvalue weighted by molar-refractivity contribution is 0.0980. The molecule has 1 aromatic heterocycles. The van der Waals surface area contributed by atoms with Crippen LogP contribution in [-0.2, 0) is 6.42 Å². The zero-order valence-corrected chi connectivity index (χ0v) is 15.5. The molecular weight excluding hydrogens is 350 g/mol. The Kier molecular flexibility index (Phi) is 4.73. The zero-order valence-electron chi connectivity index (χ0n) is 15.5. The van der Waals surface area contributed by atoms with Gasteiger partial charge in [-0.15, -0.1) is 0 Å². The molecule has 0 spiro atoms. The minimum Gasteiger partial charge on any atom is -0.324 e. The molecule has 0 saturated carbocycles. The molecule has 6 nitrogen and oxygen atoms in total. The lowest BCUT2D eigenvalue weighted by Crippen LogP contribution is -2.36. The summed E-state index contributed by atoms with van der Waals surface area (Å²) >= 11 is 0. The first kappa shape index (κ1) is 17.7. The van der Waals surface area contributed by atoms with Gasteiger partial charge in [-0.1, -0.05) is 24.3 Å². The minimum atomic E-state index is -0.133. The Labute approximate surface area is 163 Å². The van der Waals surface area contributed by atoms with Gasteiger partial charge in [-0.05, 0) is 55.7 Å². The van der Waals surface area contributed by atoms with E-state index in [1.165, 1.54) is 5.56 Å². The molecule has 0 saturated heterocycles. The van der Waals surface area contributed by atoms with Gasteiger partial charge < -0.3 is 10.2 Å². The molecule has 4 rings (SSSR count). The van der Waals surface area contributed by atoms with Crippen molar-refractivity contribution in [3.8, 4) is 6.07 Å². The smallest absolute Gasteiger partial charge is 0.277 e. The van der Waals surface area contributed by atoms with Crippen molar-refractivity contribution in [3.05, 3.63) is 77.1 Å². The first-order valence-electron chi connectivity index (χ1n) is 9.17. The van der Waals surface area contributed by atoms with E-state index in [-0.39, 0.29) is 5.91 Å². The van der Waals surface area contributed by atoms with Gasteiger partial charge in [-0.3, -0.25) is 4.79 Å². The van der Waals surface area contributed by atoms with Crippen LogP contribution < -0.4 is 10.2 Å². The number of nitrogens with one attached hydrogen (secondary N) is 1. The summed E-state index contributed by atoms with van der Waals surface area (Å²) in [5.41, 5.74) is 4.42. The van der Waals surface area contributed by atoms with E-state index in [4.69, 9.17) is 5.26 Å². The fourth-order valence-corrected chi connectivity index (χ4v) is 3.41. The van der Waals surface area contributed by atoms with Crippen molar-refractivity contribution in [2.75, 3.05) is 16.8 Å². The minimum absolute atomic E-state index is 0.133. The zero-order chi connectivity index (χ0) is 19.5. The SMILES string of the molecule is Cc1cc(C(=O)N2CCCc3ccccc32)nc(Nc2cccc(C#N)c2)n1. The highest BCUT2D eigenvalue weighted by atomic mass is 16.2. The summed E-state index contributed by atoms with van der Waals surface area (Å²) in [6.45, 7) is 2.51. The van der Waals surface area contributed by atoms with Crippen molar-refractivity contribution < 1.29 is 4.79 Å². The number of carbonyl (C=O) groups is 1. The third kappa shape index (κ3) is 3.55. The van der Waals surface area contributed by atoms with Crippen LogP contribution in [-0.4, -0.2) is 22.4 Å². The van der Waals surface area contributed by atoms with Crippen molar-refractivity contribution in [2.24, 2.45) is 0 Å². The fraction of sp³-hybridized carbons (Fsp3) is 0.182. The second kappa shape index (κ2) is 7.49.